The number of hydrazone groups is 1. The van der Waals surface area contributed by atoms with Gasteiger partial charge in [0.1, 0.15) is 5.75 Å². The number of hydrogen-bond acceptors (Lipinski definition) is 5. The van der Waals surface area contributed by atoms with E-state index in [2.05, 4.69) is 10.5 Å². The van der Waals surface area contributed by atoms with Crippen molar-refractivity contribution < 1.29 is 14.5 Å². The summed E-state index contributed by atoms with van der Waals surface area (Å²) >= 11 is 0. The predicted octanol–water partition coefficient (Wildman–Crippen LogP) is 4.01. The van der Waals surface area contributed by atoms with Gasteiger partial charge in [-0.2, -0.15) is 5.10 Å². The van der Waals surface area contributed by atoms with Crippen LogP contribution in [0.4, 0.5) is 5.69 Å². The fourth-order valence-corrected chi connectivity index (χ4v) is 3.38. The summed E-state index contributed by atoms with van der Waals surface area (Å²) in [5, 5.41) is 15.2. The van der Waals surface area contributed by atoms with Crippen LogP contribution in [-0.2, 0) is 11.2 Å². The lowest BCUT2D eigenvalue weighted by molar-refractivity contribution is -0.384. The molecule has 3 aromatic rings. The van der Waals surface area contributed by atoms with E-state index in [0.717, 1.165) is 39.5 Å². The highest BCUT2D eigenvalue weighted by Crippen LogP contribution is 2.26. The number of carbonyl (C=O) groups excluding carboxylic acids is 1. The van der Waals surface area contributed by atoms with Crippen molar-refractivity contribution in [1.29, 1.82) is 0 Å². The molecule has 0 spiro atoms. The Morgan fingerprint density at radius 1 is 1.16 bits per heavy atom. The molecule has 0 aliphatic carbocycles. The number of aromatic nitrogens is 1. The SMILES string of the molecule is COc1ccc(CC(=O)N/N=C\c2cc(C)n(-c3cc([N+](=O)[O-])ccc3C)c2C)cc1. The second-order valence-corrected chi connectivity index (χ2v) is 7.21. The fourth-order valence-electron chi connectivity index (χ4n) is 3.38. The van der Waals surface area contributed by atoms with Gasteiger partial charge in [0.2, 0.25) is 5.91 Å². The zero-order valence-corrected chi connectivity index (χ0v) is 17.9. The molecule has 1 amide bonds. The zero-order valence-electron chi connectivity index (χ0n) is 17.9. The van der Waals surface area contributed by atoms with E-state index in [0.29, 0.717) is 0 Å². The van der Waals surface area contributed by atoms with E-state index in [9.17, 15) is 14.9 Å². The van der Waals surface area contributed by atoms with Gasteiger partial charge in [0, 0.05) is 29.1 Å². The van der Waals surface area contributed by atoms with Crippen LogP contribution in [0.2, 0.25) is 0 Å². The molecule has 2 aromatic carbocycles. The first kappa shape index (κ1) is 21.8. The first-order valence-corrected chi connectivity index (χ1v) is 9.69. The van der Waals surface area contributed by atoms with Crippen molar-refractivity contribution in [1.82, 2.24) is 9.99 Å². The molecular formula is C23H24N4O4. The first-order valence-electron chi connectivity index (χ1n) is 9.69. The molecule has 0 unspecified atom stereocenters. The van der Waals surface area contributed by atoms with Gasteiger partial charge in [0.05, 0.1) is 30.4 Å². The molecule has 160 valence electrons. The molecule has 1 aromatic heterocycles. The minimum Gasteiger partial charge on any atom is -0.497 e. The Hall–Kier alpha value is -3.94. The molecule has 0 radical (unpaired) electrons. The van der Waals surface area contributed by atoms with Crippen LogP contribution < -0.4 is 10.2 Å². The number of hydrogen-bond donors (Lipinski definition) is 1. The Kier molecular flexibility index (Phi) is 6.49. The van der Waals surface area contributed by atoms with Gasteiger partial charge in [-0.05, 0) is 50.1 Å². The van der Waals surface area contributed by atoms with Crippen LogP contribution in [0, 0.1) is 30.9 Å². The number of benzene rings is 2. The molecule has 0 fully saturated rings. The Morgan fingerprint density at radius 3 is 2.52 bits per heavy atom. The molecule has 8 nitrogen and oxygen atoms in total. The third-order valence-electron chi connectivity index (χ3n) is 5.03. The summed E-state index contributed by atoms with van der Waals surface area (Å²) < 4.78 is 7.06. The summed E-state index contributed by atoms with van der Waals surface area (Å²) in [6, 6.07) is 14.0. The smallest absolute Gasteiger partial charge is 0.271 e. The number of carbonyl (C=O) groups is 1. The zero-order chi connectivity index (χ0) is 22.5. The van der Waals surface area contributed by atoms with E-state index >= 15 is 0 Å². The molecule has 0 atom stereocenters. The number of ether oxygens (including phenoxy) is 1. The van der Waals surface area contributed by atoms with Gasteiger partial charge in [-0.1, -0.05) is 18.2 Å². The summed E-state index contributed by atoms with van der Waals surface area (Å²) in [5.74, 6) is 0.501. The van der Waals surface area contributed by atoms with Crippen molar-refractivity contribution in [3.8, 4) is 11.4 Å². The summed E-state index contributed by atoms with van der Waals surface area (Å²) in [6.07, 6.45) is 1.78. The Balaban J connectivity index is 1.74. The first-order chi connectivity index (χ1) is 14.8. The van der Waals surface area contributed by atoms with E-state index in [1.54, 1.807) is 37.6 Å². The fraction of sp³-hybridized carbons (Fsp3) is 0.217. The number of amides is 1. The monoisotopic (exact) mass is 420 g/mol. The van der Waals surface area contributed by atoms with Crippen LogP contribution in [0.3, 0.4) is 0 Å². The topological polar surface area (TPSA) is 98.8 Å². The molecule has 0 aliphatic rings. The number of aryl methyl sites for hydroxylation is 2. The van der Waals surface area contributed by atoms with Crippen molar-refractivity contribution in [3.63, 3.8) is 0 Å². The van der Waals surface area contributed by atoms with E-state index in [-0.39, 0.29) is 18.0 Å². The highest BCUT2D eigenvalue weighted by Gasteiger charge is 2.15. The number of nitro groups is 1. The van der Waals surface area contributed by atoms with Crippen molar-refractivity contribution in [2.45, 2.75) is 27.2 Å². The highest BCUT2D eigenvalue weighted by atomic mass is 16.6. The molecule has 0 saturated heterocycles. The largest absolute Gasteiger partial charge is 0.497 e. The van der Waals surface area contributed by atoms with E-state index in [1.807, 2.05) is 43.5 Å². The van der Waals surface area contributed by atoms with Crippen molar-refractivity contribution in [3.05, 3.63) is 86.7 Å². The summed E-state index contributed by atoms with van der Waals surface area (Å²) in [6.45, 7) is 5.74. The predicted molar refractivity (Wildman–Crippen MR) is 119 cm³/mol. The third-order valence-corrected chi connectivity index (χ3v) is 5.03. The minimum absolute atomic E-state index is 0.0362. The second-order valence-electron chi connectivity index (χ2n) is 7.21. The number of nitro benzene ring substituents is 1. The molecular weight excluding hydrogens is 396 g/mol. The number of methoxy groups -OCH3 is 1. The lowest BCUT2D eigenvalue weighted by Gasteiger charge is -2.12. The Bertz CT molecular complexity index is 1150. The van der Waals surface area contributed by atoms with E-state index in [4.69, 9.17) is 4.74 Å². The standard InChI is InChI=1S/C23H24N4O4/c1-15-5-8-20(27(29)30)13-22(15)26-16(2)11-19(17(26)3)14-24-25-23(28)12-18-6-9-21(31-4)10-7-18/h5-11,13-14H,12H2,1-4H3,(H,25,28)/b24-14-. The van der Waals surface area contributed by atoms with Gasteiger partial charge in [0.25, 0.3) is 5.69 Å². The molecule has 8 heteroatoms. The molecule has 31 heavy (non-hydrogen) atoms. The quantitative estimate of drug-likeness (QED) is 0.355. The molecule has 3 rings (SSSR count). The second kappa shape index (κ2) is 9.25. The van der Waals surface area contributed by atoms with Gasteiger partial charge in [0.15, 0.2) is 0 Å². The van der Waals surface area contributed by atoms with Crippen LogP contribution in [-0.4, -0.2) is 28.7 Å². The molecule has 0 saturated carbocycles. The normalized spacial score (nSPS) is 11.0. The average molecular weight is 420 g/mol. The Morgan fingerprint density at radius 2 is 1.87 bits per heavy atom. The van der Waals surface area contributed by atoms with E-state index < -0.39 is 4.92 Å². The van der Waals surface area contributed by atoms with Gasteiger partial charge in [-0.25, -0.2) is 5.43 Å². The van der Waals surface area contributed by atoms with Gasteiger partial charge >= 0.3 is 0 Å². The van der Waals surface area contributed by atoms with Gasteiger partial charge in [-0.3, -0.25) is 14.9 Å². The minimum atomic E-state index is -0.405. The third kappa shape index (κ3) is 4.98. The number of nitrogens with zero attached hydrogens (tertiary/aromatic N) is 3. The highest BCUT2D eigenvalue weighted by molar-refractivity contribution is 5.85. The van der Waals surface area contributed by atoms with Crippen molar-refractivity contribution in [2.75, 3.05) is 7.11 Å². The maximum Gasteiger partial charge on any atom is 0.271 e. The Labute approximate surface area is 180 Å². The van der Waals surface area contributed by atoms with Crippen LogP contribution in [0.25, 0.3) is 5.69 Å². The lowest BCUT2D eigenvalue weighted by atomic mass is 10.1. The van der Waals surface area contributed by atoms with Crippen molar-refractivity contribution in [2.24, 2.45) is 5.10 Å². The maximum absolute atomic E-state index is 12.2. The molecule has 0 aliphatic heterocycles. The molecule has 1 heterocycles. The summed E-state index contributed by atoms with van der Waals surface area (Å²) in [7, 11) is 1.59. The number of non-ortho nitro benzene ring substituents is 1. The average Bonchev–Trinajstić information content (AvgIpc) is 3.02. The van der Waals surface area contributed by atoms with Crippen LogP contribution in [0.1, 0.15) is 28.1 Å². The summed E-state index contributed by atoms with van der Waals surface area (Å²) in [4.78, 5) is 22.9. The van der Waals surface area contributed by atoms with Crippen LogP contribution in [0.15, 0.2) is 53.6 Å². The number of nitrogens with one attached hydrogen (secondary N) is 1. The van der Waals surface area contributed by atoms with E-state index in [1.165, 1.54) is 6.07 Å². The number of rotatable bonds is 7. The lowest BCUT2D eigenvalue weighted by Crippen LogP contribution is -2.19. The van der Waals surface area contributed by atoms with Crippen molar-refractivity contribution >= 4 is 17.8 Å². The van der Waals surface area contributed by atoms with Gasteiger partial charge in [-0.15, -0.1) is 0 Å². The van der Waals surface area contributed by atoms with Crippen LogP contribution >= 0.6 is 0 Å². The molecule has 0 bridgehead atoms. The summed E-state index contributed by atoms with van der Waals surface area (Å²) in [5.41, 5.74) is 7.69. The van der Waals surface area contributed by atoms with Gasteiger partial charge < -0.3 is 9.30 Å². The molecule has 1 N–H and O–H groups in total. The van der Waals surface area contributed by atoms with Crippen LogP contribution in [0.5, 0.6) is 5.75 Å². The maximum atomic E-state index is 12.2.